The van der Waals surface area contributed by atoms with Crippen molar-refractivity contribution in [2.75, 3.05) is 13.2 Å². The first kappa shape index (κ1) is 9.93. The normalized spacial score (nSPS) is 18.4. The smallest absolute Gasteiger partial charge is 0.201 e. The molecule has 0 atom stereocenters. The Morgan fingerprint density at radius 2 is 2.07 bits per heavy atom. The second kappa shape index (κ2) is 4.28. The quantitative estimate of drug-likeness (QED) is 0.766. The summed E-state index contributed by atoms with van der Waals surface area (Å²) in [4.78, 5) is 11.8. The average Bonchev–Trinajstić information content (AvgIpc) is 2.65. The number of halogens is 1. The molecule has 0 aromatic carbocycles. The molecule has 1 aliphatic heterocycles. The van der Waals surface area contributed by atoms with E-state index < -0.39 is 0 Å². The Hall–Kier alpha value is -0.610. The molecular formula is C10H11BrO3. The van der Waals surface area contributed by atoms with Crippen molar-refractivity contribution in [1.29, 1.82) is 0 Å². The van der Waals surface area contributed by atoms with Crippen LogP contribution in [0.25, 0.3) is 0 Å². The lowest BCUT2D eigenvalue weighted by atomic mass is 9.94. The van der Waals surface area contributed by atoms with Gasteiger partial charge in [-0.05, 0) is 40.9 Å². The van der Waals surface area contributed by atoms with Gasteiger partial charge < -0.3 is 9.15 Å². The molecule has 0 amide bonds. The molecule has 1 fully saturated rings. The third kappa shape index (κ3) is 2.07. The van der Waals surface area contributed by atoms with Crippen LogP contribution in [0.3, 0.4) is 0 Å². The number of carbonyl (C=O) groups is 1. The summed E-state index contributed by atoms with van der Waals surface area (Å²) < 4.78 is 11.0. The van der Waals surface area contributed by atoms with Gasteiger partial charge in [-0.25, -0.2) is 0 Å². The second-order valence-electron chi connectivity index (χ2n) is 3.35. The largest absolute Gasteiger partial charge is 0.446 e. The van der Waals surface area contributed by atoms with E-state index in [1.54, 1.807) is 12.1 Å². The summed E-state index contributed by atoms with van der Waals surface area (Å²) in [5.41, 5.74) is 0. The van der Waals surface area contributed by atoms with E-state index in [0.717, 1.165) is 12.8 Å². The summed E-state index contributed by atoms with van der Waals surface area (Å²) in [6.45, 7) is 1.36. The minimum atomic E-state index is 0.0711. The number of ketones is 1. The first-order valence-corrected chi connectivity index (χ1v) is 5.44. The maximum absolute atomic E-state index is 11.8. The molecule has 2 rings (SSSR count). The fraction of sp³-hybridized carbons (Fsp3) is 0.500. The van der Waals surface area contributed by atoms with Crippen molar-refractivity contribution >= 4 is 21.7 Å². The molecule has 1 aromatic heterocycles. The van der Waals surface area contributed by atoms with Gasteiger partial charge in [0.1, 0.15) is 0 Å². The van der Waals surface area contributed by atoms with Gasteiger partial charge in [-0.1, -0.05) is 0 Å². The summed E-state index contributed by atoms with van der Waals surface area (Å²) in [5, 5.41) is 0. The van der Waals surface area contributed by atoms with Gasteiger partial charge in [0, 0.05) is 19.1 Å². The first-order valence-electron chi connectivity index (χ1n) is 4.64. The SMILES string of the molecule is O=C(c1ccc(Br)o1)C1CCOCC1. The standard InChI is InChI=1S/C10H11BrO3/c11-9-2-1-8(14-9)10(12)7-3-5-13-6-4-7/h1-2,7H,3-6H2. The summed E-state index contributed by atoms with van der Waals surface area (Å²) in [7, 11) is 0. The van der Waals surface area contributed by atoms with Crippen LogP contribution in [0.4, 0.5) is 0 Å². The van der Waals surface area contributed by atoms with E-state index in [9.17, 15) is 4.79 Å². The first-order chi connectivity index (χ1) is 6.77. The Labute approximate surface area is 90.6 Å². The highest BCUT2D eigenvalue weighted by Crippen LogP contribution is 2.22. The van der Waals surface area contributed by atoms with E-state index in [4.69, 9.17) is 9.15 Å². The summed E-state index contributed by atoms with van der Waals surface area (Å²) in [5.74, 6) is 0.615. The van der Waals surface area contributed by atoms with Crippen molar-refractivity contribution in [3.63, 3.8) is 0 Å². The van der Waals surface area contributed by atoms with Crippen LogP contribution in [0.2, 0.25) is 0 Å². The Balaban J connectivity index is 2.07. The van der Waals surface area contributed by atoms with Gasteiger partial charge in [0.2, 0.25) is 5.78 Å². The average molecular weight is 259 g/mol. The van der Waals surface area contributed by atoms with Crippen LogP contribution in [0.5, 0.6) is 0 Å². The second-order valence-corrected chi connectivity index (χ2v) is 4.14. The maximum atomic E-state index is 11.8. The fourth-order valence-corrected chi connectivity index (χ4v) is 1.91. The fourth-order valence-electron chi connectivity index (χ4n) is 1.61. The van der Waals surface area contributed by atoms with Gasteiger partial charge in [-0.15, -0.1) is 0 Å². The van der Waals surface area contributed by atoms with Crippen LogP contribution < -0.4 is 0 Å². The van der Waals surface area contributed by atoms with Gasteiger partial charge in [-0.2, -0.15) is 0 Å². The molecular weight excluding hydrogens is 248 g/mol. The van der Waals surface area contributed by atoms with Gasteiger partial charge in [-0.3, -0.25) is 4.79 Å². The molecule has 1 aliphatic rings. The molecule has 76 valence electrons. The number of furan rings is 1. The summed E-state index contributed by atoms with van der Waals surface area (Å²) in [6.07, 6.45) is 1.61. The highest BCUT2D eigenvalue weighted by molar-refractivity contribution is 9.10. The van der Waals surface area contributed by atoms with Crippen molar-refractivity contribution in [3.8, 4) is 0 Å². The topological polar surface area (TPSA) is 39.4 Å². The minimum absolute atomic E-state index is 0.0711. The maximum Gasteiger partial charge on any atom is 0.201 e. The number of Topliss-reactive ketones (excluding diaryl/α,β-unsaturated/α-hetero) is 1. The zero-order valence-corrected chi connectivity index (χ0v) is 9.25. The number of carbonyl (C=O) groups excluding carboxylic acids is 1. The zero-order valence-electron chi connectivity index (χ0n) is 7.66. The van der Waals surface area contributed by atoms with Crippen LogP contribution in [0, 0.1) is 5.92 Å². The number of hydrogen-bond acceptors (Lipinski definition) is 3. The third-order valence-corrected chi connectivity index (χ3v) is 2.83. The molecule has 1 aromatic rings. The van der Waals surface area contributed by atoms with Crippen LogP contribution in [0.15, 0.2) is 21.2 Å². The Morgan fingerprint density at radius 3 is 2.64 bits per heavy atom. The monoisotopic (exact) mass is 258 g/mol. The predicted octanol–water partition coefficient (Wildman–Crippen LogP) is 2.65. The van der Waals surface area contributed by atoms with E-state index in [1.807, 2.05) is 0 Å². The van der Waals surface area contributed by atoms with E-state index in [0.29, 0.717) is 23.6 Å². The molecule has 0 spiro atoms. The molecule has 0 saturated carbocycles. The molecule has 0 aliphatic carbocycles. The number of rotatable bonds is 2. The molecule has 0 bridgehead atoms. The van der Waals surface area contributed by atoms with Gasteiger partial charge >= 0.3 is 0 Å². The molecule has 2 heterocycles. The Bertz CT molecular complexity index is 326. The number of ether oxygens (including phenoxy) is 1. The lowest BCUT2D eigenvalue weighted by Crippen LogP contribution is -2.23. The summed E-state index contributed by atoms with van der Waals surface area (Å²) >= 11 is 3.18. The van der Waals surface area contributed by atoms with Crippen LogP contribution in [-0.2, 0) is 4.74 Å². The van der Waals surface area contributed by atoms with Crippen molar-refractivity contribution < 1.29 is 13.9 Å². The zero-order chi connectivity index (χ0) is 9.97. The van der Waals surface area contributed by atoms with Gasteiger partial charge in [0.15, 0.2) is 10.4 Å². The van der Waals surface area contributed by atoms with E-state index in [-0.39, 0.29) is 11.7 Å². The number of hydrogen-bond donors (Lipinski definition) is 0. The van der Waals surface area contributed by atoms with E-state index >= 15 is 0 Å². The molecule has 0 radical (unpaired) electrons. The molecule has 4 heteroatoms. The highest BCUT2D eigenvalue weighted by atomic mass is 79.9. The van der Waals surface area contributed by atoms with Crippen molar-refractivity contribution in [3.05, 3.63) is 22.6 Å². The van der Waals surface area contributed by atoms with Crippen LogP contribution >= 0.6 is 15.9 Å². The van der Waals surface area contributed by atoms with Crippen LogP contribution in [0.1, 0.15) is 23.4 Å². The lowest BCUT2D eigenvalue weighted by molar-refractivity contribution is 0.0527. The molecule has 0 unspecified atom stereocenters. The molecule has 0 N–H and O–H groups in total. The molecule has 1 saturated heterocycles. The minimum Gasteiger partial charge on any atom is -0.446 e. The molecule has 14 heavy (non-hydrogen) atoms. The summed E-state index contributed by atoms with van der Waals surface area (Å²) in [6, 6.07) is 3.45. The van der Waals surface area contributed by atoms with Crippen molar-refractivity contribution in [1.82, 2.24) is 0 Å². The Kier molecular flexibility index (Phi) is 3.03. The van der Waals surface area contributed by atoms with Crippen LogP contribution in [-0.4, -0.2) is 19.0 Å². The van der Waals surface area contributed by atoms with Gasteiger partial charge in [0.05, 0.1) is 0 Å². The van der Waals surface area contributed by atoms with Gasteiger partial charge in [0.25, 0.3) is 0 Å². The highest BCUT2D eigenvalue weighted by Gasteiger charge is 2.24. The van der Waals surface area contributed by atoms with Crippen molar-refractivity contribution in [2.24, 2.45) is 5.92 Å². The van der Waals surface area contributed by atoms with Crippen molar-refractivity contribution in [2.45, 2.75) is 12.8 Å². The van der Waals surface area contributed by atoms with E-state index in [2.05, 4.69) is 15.9 Å². The third-order valence-electron chi connectivity index (χ3n) is 2.41. The molecule has 3 nitrogen and oxygen atoms in total. The Morgan fingerprint density at radius 1 is 1.36 bits per heavy atom. The van der Waals surface area contributed by atoms with E-state index in [1.165, 1.54) is 0 Å². The predicted molar refractivity (Wildman–Crippen MR) is 54.3 cm³/mol. The lowest BCUT2D eigenvalue weighted by Gasteiger charge is -2.19.